The fourth-order valence-electron chi connectivity index (χ4n) is 3.57. The predicted molar refractivity (Wildman–Crippen MR) is 125 cm³/mol. The van der Waals surface area contributed by atoms with Crippen molar-refractivity contribution in [3.63, 3.8) is 0 Å². The number of hydrogen-bond donors (Lipinski definition) is 0. The number of hydrogen-bond acceptors (Lipinski definition) is 5. The van der Waals surface area contributed by atoms with E-state index in [9.17, 15) is 14.4 Å². The number of thioether (sulfide) groups is 1. The van der Waals surface area contributed by atoms with Crippen molar-refractivity contribution >= 4 is 46.5 Å². The zero-order valence-corrected chi connectivity index (χ0v) is 19.0. The minimum atomic E-state index is -0.423. The van der Waals surface area contributed by atoms with Crippen LogP contribution in [0.2, 0.25) is 5.02 Å². The first-order chi connectivity index (χ1) is 15.5. The van der Waals surface area contributed by atoms with E-state index in [0.29, 0.717) is 35.4 Å². The van der Waals surface area contributed by atoms with Gasteiger partial charge in [-0.3, -0.25) is 19.3 Å². The Morgan fingerprint density at radius 2 is 1.69 bits per heavy atom. The first-order valence-corrected chi connectivity index (χ1v) is 11.7. The largest absolute Gasteiger partial charge is 0.489 e. The summed E-state index contributed by atoms with van der Waals surface area (Å²) in [6.45, 7) is 1.61. The van der Waals surface area contributed by atoms with Crippen LogP contribution in [0, 0.1) is 0 Å². The normalized spacial score (nSPS) is 17.8. The van der Waals surface area contributed by atoms with Crippen LogP contribution in [-0.2, 0) is 16.2 Å². The van der Waals surface area contributed by atoms with Gasteiger partial charge in [0, 0.05) is 18.1 Å². The van der Waals surface area contributed by atoms with Crippen LogP contribution in [0.1, 0.15) is 30.4 Å². The molecule has 2 aromatic carbocycles. The molecule has 0 N–H and O–H groups in total. The summed E-state index contributed by atoms with van der Waals surface area (Å²) in [4.78, 5) is 40.6. The third-order valence-electron chi connectivity index (χ3n) is 5.37. The van der Waals surface area contributed by atoms with Crippen LogP contribution in [0.25, 0.3) is 6.08 Å². The minimum Gasteiger partial charge on any atom is -0.489 e. The molecule has 8 heteroatoms. The van der Waals surface area contributed by atoms with Crippen molar-refractivity contribution in [2.75, 3.05) is 19.6 Å². The van der Waals surface area contributed by atoms with Crippen molar-refractivity contribution in [1.29, 1.82) is 0 Å². The number of carbonyl (C=O) groups is 3. The molecular formula is C24H23ClN2O4S. The quantitative estimate of drug-likeness (QED) is 0.558. The molecule has 6 nitrogen and oxygen atoms in total. The van der Waals surface area contributed by atoms with Gasteiger partial charge in [0.2, 0.25) is 5.91 Å². The number of carbonyl (C=O) groups excluding carboxylic acids is 3. The van der Waals surface area contributed by atoms with Crippen LogP contribution in [0.15, 0.2) is 53.4 Å². The molecule has 0 aliphatic carbocycles. The highest BCUT2D eigenvalue weighted by Crippen LogP contribution is 2.32. The first-order valence-electron chi connectivity index (χ1n) is 10.5. The second-order valence-corrected chi connectivity index (χ2v) is 9.12. The number of likely N-dealkylation sites (tertiary alicyclic amines) is 1. The van der Waals surface area contributed by atoms with Gasteiger partial charge in [0.15, 0.2) is 0 Å². The maximum absolute atomic E-state index is 12.7. The summed E-state index contributed by atoms with van der Waals surface area (Å²) in [5, 5.41) is 0.271. The Morgan fingerprint density at radius 1 is 1.00 bits per heavy atom. The van der Waals surface area contributed by atoms with E-state index in [4.69, 9.17) is 16.3 Å². The molecule has 0 spiro atoms. The molecule has 0 saturated carbocycles. The van der Waals surface area contributed by atoms with E-state index in [2.05, 4.69) is 0 Å². The molecule has 2 saturated heterocycles. The Hall–Kier alpha value is -2.77. The smallest absolute Gasteiger partial charge is 0.294 e. The summed E-state index contributed by atoms with van der Waals surface area (Å²) in [6, 6.07) is 14.7. The van der Waals surface area contributed by atoms with Gasteiger partial charge in [-0.05, 0) is 72.5 Å². The Labute approximate surface area is 196 Å². The molecule has 2 fully saturated rings. The average molecular weight is 471 g/mol. The lowest BCUT2D eigenvalue weighted by Gasteiger charge is -2.27. The van der Waals surface area contributed by atoms with Crippen LogP contribution in [0.5, 0.6) is 5.75 Å². The van der Waals surface area contributed by atoms with Gasteiger partial charge in [-0.2, -0.15) is 0 Å². The number of ether oxygens (including phenoxy) is 1. The lowest BCUT2D eigenvalue weighted by Crippen LogP contribution is -2.44. The van der Waals surface area contributed by atoms with Crippen LogP contribution < -0.4 is 4.74 Å². The first kappa shape index (κ1) is 22.4. The van der Waals surface area contributed by atoms with Crippen molar-refractivity contribution in [3.05, 3.63) is 69.6 Å². The predicted octanol–water partition coefficient (Wildman–Crippen LogP) is 4.97. The standard InChI is InChI=1S/C24H23ClN2O4S/c25-19-8-4-18(5-9-19)16-31-20-10-6-17(7-11-20)14-21-23(29)27(24(30)32-21)15-22(28)26-12-2-1-3-13-26/h4-11,14H,1-3,12-13,15-16H2/b21-14-. The van der Waals surface area contributed by atoms with E-state index in [-0.39, 0.29) is 12.5 Å². The fourth-order valence-corrected chi connectivity index (χ4v) is 4.54. The molecule has 0 radical (unpaired) electrons. The van der Waals surface area contributed by atoms with Crippen molar-refractivity contribution in [2.45, 2.75) is 25.9 Å². The van der Waals surface area contributed by atoms with E-state index in [0.717, 1.165) is 47.1 Å². The molecule has 2 aliphatic rings. The molecule has 2 aliphatic heterocycles. The van der Waals surface area contributed by atoms with Gasteiger partial charge < -0.3 is 9.64 Å². The molecule has 0 atom stereocenters. The maximum Gasteiger partial charge on any atom is 0.294 e. The molecule has 32 heavy (non-hydrogen) atoms. The third-order valence-corrected chi connectivity index (χ3v) is 6.53. The highest BCUT2D eigenvalue weighted by Gasteiger charge is 2.37. The van der Waals surface area contributed by atoms with Crippen molar-refractivity contribution in [2.24, 2.45) is 0 Å². The molecular weight excluding hydrogens is 448 g/mol. The number of amides is 3. The molecule has 0 unspecified atom stereocenters. The second kappa shape index (κ2) is 10.2. The van der Waals surface area contributed by atoms with Crippen LogP contribution in [0.3, 0.4) is 0 Å². The monoisotopic (exact) mass is 470 g/mol. The summed E-state index contributed by atoms with van der Waals surface area (Å²) < 4.78 is 5.77. The van der Waals surface area contributed by atoms with Gasteiger partial charge in [0.05, 0.1) is 4.91 Å². The Bertz CT molecular complexity index is 1030. The van der Waals surface area contributed by atoms with Gasteiger partial charge in [-0.1, -0.05) is 35.9 Å². The van der Waals surface area contributed by atoms with Crippen LogP contribution >= 0.6 is 23.4 Å². The summed E-state index contributed by atoms with van der Waals surface area (Å²) in [5.41, 5.74) is 1.78. The summed E-state index contributed by atoms with van der Waals surface area (Å²) in [5.74, 6) is 0.0983. The van der Waals surface area contributed by atoms with E-state index in [1.54, 1.807) is 11.0 Å². The Morgan fingerprint density at radius 3 is 2.38 bits per heavy atom. The zero-order valence-electron chi connectivity index (χ0n) is 17.5. The summed E-state index contributed by atoms with van der Waals surface area (Å²) in [7, 11) is 0. The molecule has 4 rings (SSSR count). The maximum atomic E-state index is 12.7. The third kappa shape index (κ3) is 5.53. The number of benzene rings is 2. The van der Waals surface area contributed by atoms with Crippen LogP contribution in [0.4, 0.5) is 4.79 Å². The number of halogens is 1. The summed E-state index contributed by atoms with van der Waals surface area (Å²) >= 11 is 6.75. The zero-order chi connectivity index (χ0) is 22.5. The van der Waals surface area contributed by atoms with E-state index in [1.807, 2.05) is 48.5 Å². The van der Waals surface area contributed by atoms with Gasteiger partial charge in [-0.25, -0.2) is 0 Å². The Balaban J connectivity index is 1.35. The van der Waals surface area contributed by atoms with Gasteiger partial charge >= 0.3 is 0 Å². The summed E-state index contributed by atoms with van der Waals surface area (Å²) in [6.07, 6.45) is 4.71. The molecule has 3 amide bonds. The minimum absolute atomic E-state index is 0.171. The molecule has 2 heterocycles. The molecule has 0 aromatic heterocycles. The van der Waals surface area contributed by atoms with Crippen molar-refractivity contribution < 1.29 is 19.1 Å². The molecule has 2 aromatic rings. The van der Waals surface area contributed by atoms with E-state index >= 15 is 0 Å². The number of imide groups is 1. The number of piperidine rings is 1. The second-order valence-electron chi connectivity index (χ2n) is 7.69. The molecule has 0 bridgehead atoms. The lowest BCUT2D eigenvalue weighted by atomic mass is 10.1. The Kier molecular flexibility index (Phi) is 7.17. The highest BCUT2D eigenvalue weighted by atomic mass is 35.5. The number of nitrogens with zero attached hydrogens (tertiary/aromatic N) is 2. The molecule has 166 valence electrons. The van der Waals surface area contributed by atoms with Gasteiger partial charge in [0.1, 0.15) is 18.9 Å². The van der Waals surface area contributed by atoms with Crippen molar-refractivity contribution in [1.82, 2.24) is 9.80 Å². The van der Waals surface area contributed by atoms with Gasteiger partial charge in [0.25, 0.3) is 11.1 Å². The number of rotatable bonds is 6. The topological polar surface area (TPSA) is 66.9 Å². The fraction of sp³-hybridized carbons (Fsp3) is 0.292. The van der Waals surface area contributed by atoms with Crippen LogP contribution in [-0.4, -0.2) is 46.5 Å². The van der Waals surface area contributed by atoms with Crippen molar-refractivity contribution in [3.8, 4) is 5.75 Å². The average Bonchev–Trinajstić information content (AvgIpc) is 3.07. The van der Waals surface area contributed by atoms with Gasteiger partial charge in [-0.15, -0.1) is 0 Å². The highest BCUT2D eigenvalue weighted by molar-refractivity contribution is 8.18. The SMILES string of the molecule is O=C(CN1C(=O)S/C(=C\c2ccc(OCc3ccc(Cl)cc3)cc2)C1=O)N1CCCCC1. The lowest BCUT2D eigenvalue weighted by molar-refractivity contribution is -0.136. The van der Waals surface area contributed by atoms with E-state index < -0.39 is 11.1 Å². The van der Waals surface area contributed by atoms with E-state index in [1.165, 1.54) is 0 Å².